The maximum atomic E-state index is 5.95. The van der Waals surface area contributed by atoms with E-state index in [1.807, 2.05) is 60.6 Å². The first-order chi connectivity index (χ1) is 16.3. The number of aromatic nitrogens is 7. The van der Waals surface area contributed by atoms with E-state index in [2.05, 4.69) is 30.5 Å². The Morgan fingerprint density at radius 3 is 1.62 bits per heavy atom. The zero-order valence-electron chi connectivity index (χ0n) is 21.3. The Kier molecular flexibility index (Phi) is 8.88. The highest BCUT2D eigenvalue weighted by molar-refractivity contribution is 6.60. The van der Waals surface area contributed by atoms with E-state index in [9.17, 15) is 0 Å². The topological polar surface area (TPSA) is 114 Å². The first kappa shape index (κ1) is 25.9. The fourth-order valence-electron chi connectivity index (χ4n) is 3.79. The van der Waals surface area contributed by atoms with Crippen LogP contribution in [0, 0.1) is 27.7 Å². The van der Waals surface area contributed by atoms with Crippen molar-refractivity contribution in [3.8, 4) is 11.9 Å². The Balaban J connectivity index is 1.83. The minimum absolute atomic E-state index is 0.437. The number of nitrogens with one attached hydrogen (secondary N) is 1. The fourth-order valence-corrected chi connectivity index (χ4v) is 6.40. The van der Waals surface area contributed by atoms with E-state index in [0.29, 0.717) is 50.3 Å². The van der Waals surface area contributed by atoms with Gasteiger partial charge in [-0.2, -0.15) is 25.1 Å². The number of anilines is 1. The van der Waals surface area contributed by atoms with Crippen LogP contribution in [-0.4, -0.2) is 69.7 Å². The molecule has 0 fully saturated rings. The van der Waals surface area contributed by atoms with Crippen molar-refractivity contribution in [1.82, 2.24) is 34.5 Å². The molecule has 34 heavy (non-hydrogen) atoms. The van der Waals surface area contributed by atoms with Gasteiger partial charge in [0.1, 0.15) is 0 Å². The van der Waals surface area contributed by atoms with Crippen LogP contribution in [0.1, 0.15) is 50.0 Å². The Labute approximate surface area is 202 Å². The molecule has 0 aliphatic heterocycles. The standard InChI is InChI=1S/C22H36N8O3Si/c1-8-31-34(32-9-2,33-10-3)13-11-12-23-20-24-21(29-18(6)14-16(4)27-29)26-22(25-20)30-19(7)15-17(5)28-30/h14-15H,8-13H2,1-7H3,(H,23,24,25,26). The lowest BCUT2D eigenvalue weighted by Crippen LogP contribution is -2.46. The molecule has 0 aromatic carbocycles. The van der Waals surface area contributed by atoms with Gasteiger partial charge in [-0.1, -0.05) is 0 Å². The Hall–Kier alpha value is -2.67. The van der Waals surface area contributed by atoms with Gasteiger partial charge in [-0.25, -0.2) is 9.36 Å². The molecule has 0 bridgehead atoms. The lowest BCUT2D eigenvalue weighted by atomic mass is 10.4. The molecule has 0 saturated carbocycles. The van der Waals surface area contributed by atoms with E-state index >= 15 is 0 Å². The van der Waals surface area contributed by atoms with Crippen LogP contribution in [0.15, 0.2) is 12.1 Å². The molecule has 3 aromatic heterocycles. The second kappa shape index (κ2) is 11.6. The molecule has 0 atom stereocenters. The van der Waals surface area contributed by atoms with Crippen LogP contribution in [-0.2, 0) is 13.3 Å². The summed E-state index contributed by atoms with van der Waals surface area (Å²) in [6.45, 7) is 16.0. The summed E-state index contributed by atoms with van der Waals surface area (Å²) in [5.74, 6) is 1.33. The predicted octanol–water partition coefficient (Wildman–Crippen LogP) is 3.33. The third kappa shape index (κ3) is 6.26. The highest BCUT2D eigenvalue weighted by atomic mass is 28.4. The number of hydrogen-bond donors (Lipinski definition) is 1. The van der Waals surface area contributed by atoms with Crippen LogP contribution in [0.2, 0.25) is 6.04 Å². The molecule has 1 N–H and O–H groups in total. The maximum absolute atomic E-state index is 5.95. The van der Waals surface area contributed by atoms with E-state index in [1.165, 1.54) is 0 Å². The number of rotatable bonds is 13. The molecule has 3 heterocycles. The molecule has 3 rings (SSSR count). The van der Waals surface area contributed by atoms with E-state index in [1.54, 1.807) is 9.36 Å². The van der Waals surface area contributed by atoms with Crippen LogP contribution < -0.4 is 5.32 Å². The minimum atomic E-state index is -2.69. The predicted molar refractivity (Wildman–Crippen MR) is 132 cm³/mol. The largest absolute Gasteiger partial charge is 0.500 e. The first-order valence-electron chi connectivity index (χ1n) is 11.8. The molecule has 11 nitrogen and oxygen atoms in total. The van der Waals surface area contributed by atoms with Gasteiger partial charge in [0.25, 0.3) is 11.9 Å². The van der Waals surface area contributed by atoms with E-state index in [4.69, 9.17) is 13.3 Å². The zero-order chi connectivity index (χ0) is 24.7. The van der Waals surface area contributed by atoms with Crippen molar-refractivity contribution >= 4 is 14.8 Å². The van der Waals surface area contributed by atoms with Crippen LogP contribution in [0.4, 0.5) is 5.95 Å². The summed E-state index contributed by atoms with van der Waals surface area (Å²) < 4.78 is 21.3. The second-order valence-corrected chi connectivity index (χ2v) is 10.7. The van der Waals surface area contributed by atoms with Crippen LogP contribution >= 0.6 is 0 Å². The highest BCUT2D eigenvalue weighted by Gasteiger charge is 2.39. The van der Waals surface area contributed by atoms with Gasteiger partial charge in [0.05, 0.1) is 11.4 Å². The van der Waals surface area contributed by atoms with Crippen molar-refractivity contribution in [2.75, 3.05) is 31.7 Å². The third-order valence-corrected chi connectivity index (χ3v) is 8.20. The van der Waals surface area contributed by atoms with Gasteiger partial charge >= 0.3 is 8.80 Å². The first-order valence-corrected chi connectivity index (χ1v) is 13.7. The van der Waals surface area contributed by atoms with Gasteiger partial charge < -0.3 is 18.6 Å². The summed E-state index contributed by atoms with van der Waals surface area (Å²) in [6, 6.07) is 4.67. The molecule has 186 valence electrons. The van der Waals surface area contributed by atoms with E-state index in [-0.39, 0.29) is 0 Å². The zero-order valence-corrected chi connectivity index (χ0v) is 22.3. The summed E-state index contributed by atoms with van der Waals surface area (Å²) >= 11 is 0. The quantitative estimate of drug-likeness (QED) is 0.286. The molecule has 0 aliphatic rings. The summed E-state index contributed by atoms with van der Waals surface area (Å²) in [5.41, 5.74) is 3.66. The molecule has 0 saturated heterocycles. The van der Waals surface area contributed by atoms with Crippen molar-refractivity contribution < 1.29 is 13.3 Å². The third-order valence-electron chi connectivity index (χ3n) is 5.05. The average Bonchev–Trinajstić information content (AvgIpc) is 3.31. The summed E-state index contributed by atoms with van der Waals surface area (Å²) in [7, 11) is -2.69. The van der Waals surface area contributed by atoms with Gasteiger partial charge in [-0.3, -0.25) is 0 Å². The summed E-state index contributed by atoms with van der Waals surface area (Å²) in [5, 5.41) is 12.4. The molecule has 0 radical (unpaired) electrons. The molecule has 0 amide bonds. The van der Waals surface area contributed by atoms with E-state index in [0.717, 1.165) is 29.2 Å². The number of aryl methyl sites for hydroxylation is 4. The molecular weight excluding hydrogens is 452 g/mol. The Morgan fingerprint density at radius 2 is 1.24 bits per heavy atom. The van der Waals surface area contributed by atoms with Gasteiger partial charge in [-0.15, -0.1) is 0 Å². The molecular formula is C22H36N8O3Si. The smallest absolute Gasteiger partial charge is 0.374 e. The van der Waals surface area contributed by atoms with E-state index < -0.39 is 8.80 Å². The van der Waals surface area contributed by atoms with Crippen molar-refractivity contribution in [3.05, 3.63) is 34.9 Å². The summed E-state index contributed by atoms with van der Waals surface area (Å²) in [6.07, 6.45) is 0.780. The monoisotopic (exact) mass is 488 g/mol. The Bertz CT molecular complexity index is 1000. The van der Waals surface area contributed by atoms with Gasteiger partial charge in [0.15, 0.2) is 0 Å². The normalized spacial score (nSPS) is 11.9. The molecule has 3 aromatic rings. The highest BCUT2D eigenvalue weighted by Crippen LogP contribution is 2.19. The number of hydrogen-bond acceptors (Lipinski definition) is 9. The van der Waals surface area contributed by atoms with Crippen molar-refractivity contribution in [3.63, 3.8) is 0 Å². The second-order valence-electron chi connectivity index (χ2n) is 7.95. The average molecular weight is 489 g/mol. The Morgan fingerprint density at radius 1 is 0.765 bits per heavy atom. The number of nitrogens with zero attached hydrogens (tertiary/aromatic N) is 7. The molecule has 0 unspecified atom stereocenters. The SMILES string of the molecule is CCO[Si](CCCNc1nc(-n2nc(C)cc2C)nc(-n2nc(C)cc2C)n1)(OCC)OCC. The maximum Gasteiger partial charge on any atom is 0.500 e. The van der Waals surface area contributed by atoms with Crippen LogP contribution in [0.3, 0.4) is 0 Å². The minimum Gasteiger partial charge on any atom is -0.374 e. The van der Waals surface area contributed by atoms with Crippen LogP contribution in [0.5, 0.6) is 0 Å². The molecule has 12 heteroatoms. The van der Waals surface area contributed by atoms with Crippen LogP contribution in [0.25, 0.3) is 11.9 Å². The molecule has 0 spiro atoms. The molecule has 0 aliphatic carbocycles. The van der Waals surface area contributed by atoms with Gasteiger partial charge in [0, 0.05) is 43.8 Å². The van der Waals surface area contributed by atoms with Crippen molar-refractivity contribution in [2.45, 2.75) is 60.9 Å². The van der Waals surface area contributed by atoms with Crippen molar-refractivity contribution in [1.29, 1.82) is 0 Å². The van der Waals surface area contributed by atoms with Crippen molar-refractivity contribution in [2.24, 2.45) is 0 Å². The fraction of sp³-hybridized carbons (Fsp3) is 0.591. The lowest BCUT2D eigenvalue weighted by Gasteiger charge is -2.28. The van der Waals surface area contributed by atoms with Gasteiger partial charge in [0.2, 0.25) is 5.95 Å². The summed E-state index contributed by atoms with van der Waals surface area (Å²) in [4.78, 5) is 13.9. The lowest BCUT2D eigenvalue weighted by molar-refractivity contribution is 0.0710. The van der Waals surface area contributed by atoms with Gasteiger partial charge in [-0.05, 0) is 67.0 Å².